The summed E-state index contributed by atoms with van der Waals surface area (Å²) in [7, 11) is 0. The molecule has 0 spiro atoms. The molecular formula is C17H27ClN2O2. The predicted octanol–water partition coefficient (Wildman–Crippen LogP) is 3.09. The average Bonchev–Trinajstić information content (AvgIpc) is 2.99. The van der Waals surface area contributed by atoms with Gasteiger partial charge in [-0.3, -0.25) is 4.79 Å². The molecule has 0 aliphatic heterocycles. The normalized spacial score (nSPS) is 16.0. The van der Waals surface area contributed by atoms with Crippen LogP contribution in [0.2, 0.25) is 0 Å². The number of rotatable bonds is 7. The van der Waals surface area contributed by atoms with Crippen molar-refractivity contribution in [2.75, 3.05) is 12.3 Å². The number of carbonyl (C=O) groups excluding carboxylic acids is 1. The van der Waals surface area contributed by atoms with E-state index in [1.54, 1.807) is 0 Å². The number of nitrogen functional groups attached to an aromatic ring is 1. The lowest BCUT2D eigenvalue weighted by atomic mass is 10.1. The molecule has 1 atom stereocenters. The molecule has 1 fully saturated rings. The fraction of sp³-hybridized carbons (Fsp3) is 0.588. The third kappa shape index (κ3) is 5.85. The maximum atomic E-state index is 12.2. The Bertz CT molecular complexity index is 444. The molecule has 0 bridgehead atoms. The molecule has 2 rings (SSSR count). The highest BCUT2D eigenvalue weighted by Crippen LogP contribution is 2.22. The summed E-state index contributed by atoms with van der Waals surface area (Å²) >= 11 is 0. The molecular weight excluding hydrogens is 300 g/mol. The lowest BCUT2D eigenvalue weighted by molar-refractivity contribution is -0.136. The molecule has 4 nitrogen and oxygen atoms in total. The maximum Gasteiger partial charge on any atom is 0.249 e. The van der Waals surface area contributed by atoms with Crippen LogP contribution in [-0.4, -0.2) is 24.7 Å². The Labute approximate surface area is 139 Å². The summed E-state index contributed by atoms with van der Waals surface area (Å²) in [6, 6.07) is 7.76. The molecule has 0 aromatic heterocycles. The Hall–Kier alpha value is -1.26. The molecule has 1 aliphatic carbocycles. The Morgan fingerprint density at radius 3 is 2.55 bits per heavy atom. The Kier molecular flexibility index (Phi) is 8.28. The van der Waals surface area contributed by atoms with Crippen LogP contribution in [0.4, 0.5) is 5.69 Å². The quantitative estimate of drug-likeness (QED) is 0.757. The number of halogens is 1. The van der Waals surface area contributed by atoms with E-state index in [9.17, 15) is 4.79 Å². The van der Waals surface area contributed by atoms with E-state index in [0.29, 0.717) is 6.54 Å². The van der Waals surface area contributed by atoms with Crippen LogP contribution in [0.15, 0.2) is 24.3 Å². The number of nitrogens with two attached hydrogens (primary N) is 1. The van der Waals surface area contributed by atoms with Gasteiger partial charge in [-0.15, -0.1) is 12.4 Å². The van der Waals surface area contributed by atoms with E-state index in [2.05, 4.69) is 5.32 Å². The van der Waals surface area contributed by atoms with E-state index in [1.807, 2.05) is 31.2 Å². The molecule has 1 aromatic rings. The highest BCUT2D eigenvalue weighted by atomic mass is 35.5. The van der Waals surface area contributed by atoms with Crippen molar-refractivity contribution in [3.63, 3.8) is 0 Å². The third-order valence-corrected chi connectivity index (χ3v) is 4.01. The van der Waals surface area contributed by atoms with Crippen molar-refractivity contribution in [1.82, 2.24) is 5.32 Å². The molecule has 0 saturated heterocycles. The van der Waals surface area contributed by atoms with Crippen LogP contribution in [0.1, 0.15) is 44.6 Å². The van der Waals surface area contributed by atoms with Crippen LogP contribution in [-0.2, 0) is 16.0 Å². The second-order valence-electron chi connectivity index (χ2n) is 5.72. The van der Waals surface area contributed by atoms with Gasteiger partial charge in [0, 0.05) is 12.2 Å². The summed E-state index contributed by atoms with van der Waals surface area (Å²) in [4.78, 5) is 12.2. The van der Waals surface area contributed by atoms with Gasteiger partial charge in [0.2, 0.25) is 5.91 Å². The highest BCUT2D eigenvalue weighted by molar-refractivity contribution is 5.85. The first-order valence-corrected chi connectivity index (χ1v) is 7.96. The van der Waals surface area contributed by atoms with Gasteiger partial charge in [-0.25, -0.2) is 0 Å². The standard InChI is InChI=1S/C17H26N2O2.ClH/c1-2-16(21-15-5-3-4-6-15)17(20)19-12-11-13-7-9-14(18)10-8-13;/h7-10,15-16H,2-6,11-12,18H2,1H3,(H,19,20);1H. The van der Waals surface area contributed by atoms with E-state index in [4.69, 9.17) is 10.5 Å². The average molecular weight is 327 g/mol. The zero-order valence-electron chi connectivity index (χ0n) is 13.2. The van der Waals surface area contributed by atoms with Crippen molar-refractivity contribution in [3.05, 3.63) is 29.8 Å². The summed E-state index contributed by atoms with van der Waals surface area (Å²) in [5.74, 6) is 0.0137. The first-order chi connectivity index (χ1) is 10.2. The number of hydrogen-bond donors (Lipinski definition) is 2. The predicted molar refractivity (Wildman–Crippen MR) is 92.2 cm³/mol. The molecule has 22 heavy (non-hydrogen) atoms. The van der Waals surface area contributed by atoms with Crippen molar-refractivity contribution in [1.29, 1.82) is 0 Å². The van der Waals surface area contributed by atoms with Crippen molar-refractivity contribution in [2.45, 2.75) is 57.7 Å². The summed E-state index contributed by atoms with van der Waals surface area (Å²) < 4.78 is 5.91. The van der Waals surface area contributed by atoms with Gasteiger partial charge in [-0.05, 0) is 43.4 Å². The molecule has 5 heteroatoms. The summed E-state index contributed by atoms with van der Waals surface area (Å²) in [5, 5.41) is 2.98. The number of anilines is 1. The molecule has 1 aliphatic rings. The lowest BCUT2D eigenvalue weighted by Gasteiger charge is -2.20. The molecule has 0 heterocycles. The van der Waals surface area contributed by atoms with Crippen LogP contribution in [0.5, 0.6) is 0 Å². The smallest absolute Gasteiger partial charge is 0.249 e. The van der Waals surface area contributed by atoms with Gasteiger partial charge in [0.15, 0.2) is 0 Å². The summed E-state index contributed by atoms with van der Waals surface area (Å²) in [6.07, 6.45) is 6.14. The van der Waals surface area contributed by atoms with Gasteiger partial charge in [-0.2, -0.15) is 0 Å². The Balaban J connectivity index is 0.00000242. The van der Waals surface area contributed by atoms with Gasteiger partial charge in [0.05, 0.1) is 6.10 Å². The number of amides is 1. The third-order valence-electron chi connectivity index (χ3n) is 4.01. The van der Waals surface area contributed by atoms with Crippen molar-refractivity contribution in [2.24, 2.45) is 0 Å². The number of hydrogen-bond acceptors (Lipinski definition) is 3. The van der Waals surface area contributed by atoms with Crippen molar-refractivity contribution >= 4 is 24.0 Å². The fourth-order valence-corrected chi connectivity index (χ4v) is 2.73. The zero-order chi connectivity index (χ0) is 15.1. The Morgan fingerprint density at radius 1 is 1.32 bits per heavy atom. The Morgan fingerprint density at radius 2 is 1.95 bits per heavy atom. The van der Waals surface area contributed by atoms with Crippen molar-refractivity contribution in [3.8, 4) is 0 Å². The van der Waals surface area contributed by atoms with E-state index < -0.39 is 0 Å². The van der Waals surface area contributed by atoms with Crippen LogP contribution in [0, 0.1) is 0 Å². The van der Waals surface area contributed by atoms with Crippen molar-refractivity contribution < 1.29 is 9.53 Å². The second-order valence-corrected chi connectivity index (χ2v) is 5.72. The van der Waals surface area contributed by atoms with Crippen LogP contribution in [0.25, 0.3) is 0 Å². The number of carbonyl (C=O) groups is 1. The first-order valence-electron chi connectivity index (χ1n) is 7.96. The zero-order valence-corrected chi connectivity index (χ0v) is 14.0. The molecule has 1 aromatic carbocycles. The molecule has 3 N–H and O–H groups in total. The number of benzene rings is 1. The van der Waals surface area contributed by atoms with Gasteiger partial charge >= 0.3 is 0 Å². The molecule has 124 valence electrons. The van der Waals surface area contributed by atoms with Gasteiger partial charge in [0.25, 0.3) is 0 Å². The minimum Gasteiger partial charge on any atom is -0.399 e. The first kappa shape index (κ1) is 18.8. The van der Waals surface area contributed by atoms with E-state index in [-0.39, 0.29) is 30.5 Å². The summed E-state index contributed by atoms with van der Waals surface area (Å²) in [6.45, 7) is 2.63. The number of nitrogens with one attached hydrogen (secondary N) is 1. The minimum absolute atomic E-state index is 0. The SMILES string of the molecule is CCC(OC1CCCC1)C(=O)NCCc1ccc(N)cc1.Cl. The summed E-state index contributed by atoms with van der Waals surface area (Å²) in [5.41, 5.74) is 7.59. The fourth-order valence-electron chi connectivity index (χ4n) is 2.73. The van der Waals surface area contributed by atoms with E-state index >= 15 is 0 Å². The number of ether oxygens (including phenoxy) is 1. The molecule has 1 unspecified atom stereocenters. The topological polar surface area (TPSA) is 64.3 Å². The van der Waals surface area contributed by atoms with E-state index in [1.165, 1.54) is 18.4 Å². The molecule has 1 saturated carbocycles. The minimum atomic E-state index is -0.306. The largest absolute Gasteiger partial charge is 0.399 e. The van der Waals surface area contributed by atoms with Gasteiger partial charge in [0.1, 0.15) is 6.10 Å². The second kappa shape index (κ2) is 9.70. The van der Waals surface area contributed by atoms with Crippen LogP contribution < -0.4 is 11.1 Å². The lowest BCUT2D eigenvalue weighted by Crippen LogP contribution is -2.38. The van der Waals surface area contributed by atoms with E-state index in [0.717, 1.165) is 31.4 Å². The maximum absolute atomic E-state index is 12.2. The van der Waals surface area contributed by atoms with Gasteiger partial charge < -0.3 is 15.8 Å². The highest BCUT2D eigenvalue weighted by Gasteiger charge is 2.23. The monoisotopic (exact) mass is 326 g/mol. The van der Waals surface area contributed by atoms with Crippen LogP contribution in [0.3, 0.4) is 0 Å². The molecule has 1 amide bonds. The molecule has 0 radical (unpaired) electrons. The van der Waals surface area contributed by atoms with Crippen LogP contribution >= 0.6 is 12.4 Å². The van der Waals surface area contributed by atoms with Gasteiger partial charge in [-0.1, -0.05) is 31.9 Å².